The molecule has 0 radical (unpaired) electrons. The normalized spacial score (nSPS) is 22.1. The quantitative estimate of drug-likeness (QED) is 0.366. The van der Waals surface area contributed by atoms with Crippen molar-refractivity contribution in [3.8, 4) is 0 Å². The van der Waals surface area contributed by atoms with Crippen molar-refractivity contribution in [1.29, 1.82) is 0 Å². The molecule has 3 N–H and O–H groups in total. The lowest BCUT2D eigenvalue weighted by atomic mass is 9.86. The van der Waals surface area contributed by atoms with E-state index in [9.17, 15) is 14.4 Å². The van der Waals surface area contributed by atoms with E-state index in [4.69, 9.17) is 9.84 Å². The van der Waals surface area contributed by atoms with Crippen LogP contribution >= 0.6 is 0 Å². The van der Waals surface area contributed by atoms with E-state index in [1.165, 1.54) is 6.08 Å². The van der Waals surface area contributed by atoms with Gasteiger partial charge in [0.2, 0.25) is 0 Å². The number of carboxylic acid groups (broad SMARTS) is 1. The van der Waals surface area contributed by atoms with Crippen LogP contribution in [0.2, 0.25) is 0 Å². The minimum absolute atomic E-state index is 0.251. The van der Waals surface area contributed by atoms with E-state index in [1.807, 2.05) is 13.8 Å². The van der Waals surface area contributed by atoms with Crippen LogP contribution in [-0.4, -0.2) is 46.7 Å². The molecule has 0 aromatic heterocycles. The number of carbonyl (C=O) groups excluding carboxylic acids is 2. The first-order valence-corrected chi connectivity index (χ1v) is 8.17. The molecule has 7 nitrogen and oxygen atoms in total. The summed E-state index contributed by atoms with van der Waals surface area (Å²) in [5, 5.41) is 14.4. The van der Waals surface area contributed by atoms with Gasteiger partial charge in [-0.05, 0) is 46.1 Å². The molecule has 136 valence electrons. The summed E-state index contributed by atoms with van der Waals surface area (Å²) in [6.45, 7) is 9.72. The van der Waals surface area contributed by atoms with Crippen molar-refractivity contribution in [2.45, 2.75) is 64.6 Å². The van der Waals surface area contributed by atoms with Crippen LogP contribution in [0, 0.1) is 5.92 Å². The first kappa shape index (κ1) is 20.2. The van der Waals surface area contributed by atoms with Crippen LogP contribution in [-0.2, 0) is 19.1 Å². The molecule has 1 unspecified atom stereocenters. The minimum Gasteiger partial charge on any atom is -0.478 e. The van der Waals surface area contributed by atoms with Gasteiger partial charge in [-0.25, -0.2) is 9.59 Å². The summed E-state index contributed by atoms with van der Waals surface area (Å²) >= 11 is 0. The average molecular weight is 340 g/mol. The SMILES string of the molecule is CC(C)CC(C=CC(=O)O)NC(=O)[C@]1(C(=O)OC(C)(C)C)CCN1. The van der Waals surface area contributed by atoms with E-state index in [2.05, 4.69) is 10.6 Å². The Morgan fingerprint density at radius 2 is 1.92 bits per heavy atom. The van der Waals surface area contributed by atoms with Crippen molar-refractivity contribution < 1.29 is 24.2 Å². The van der Waals surface area contributed by atoms with Crippen LogP contribution in [0.3, 0.4) is 0 Å². The zero-order valence-electron chi connectivity index (χ0n) is 15.0. The number of aliphatic carboxylic acids is 1. The number of esters is 1. The minimum atomic E-state index is -1.39. The molecule has 1 aliphatic heterocycles. The third kappa shape index (κ3) is 5.63. The zero-order chi connectivity index (χ0) is 18.5. The summed E-state index contributed by atoms with van der Waals surface area (Å²) in [5.41, 5.74) is -2.08. The molecule has 2 atom stereocenters. The van der Waals surface area contributed by atoms with Crippen LogP contribution in [0.25, 0.3) is 0 Å². The number of nitrogens with one attached hydrogen (secondary N) is 2. The molecule has 24 heavy (non-hydrogen) atoms. The van der Waals surface area contributed by atoms with Crippen molar-refractivity contribution >= 4 is 17.8 Å². The fourth-order valence-electron chi connectivity index (χ4n) is 2.38. The summed E-state index contributed by atoms with van der Waals surface area (Å²) in [6.07, 6.45) is 3.36. The number of ether oxygens (including phenoxy) is 1. The van der Waals surface area contributed by atoms with Crippen LogP contribution in [0.5, 0.6) is 0 Å². The van der Waals surface area contributed by atoms with Crippen molar-refractivity contribution in [1.82, 2.24) is 10.6 Å². The molecule has 1 heterocycles. The van der Waals surface area contributed by atoms with Gasteiger partial charge in [0.15, 0.2) is 5.54 Å². The highest BCUT2D eigenvalue weighted by Gasteiger charge is 2.53. The molecule has 0 aromatic carbocycles. The molecule has 7 heteroatoms. The van der Waals surface area contributed by atoms with E-state index in [0.29, 0.717) is 19.4 Å². The van der Waals surface area contributed by atoms with Gasteiger partial charge in [0.1, 0.15) is 5.60 Å². The van der Waals surface area contributed by atoms with Crippen LogP contribution in [0.1, 0.15) is 47.5 Å². The predicted octanol–water partition coefficient (Wildman–Crippen LogP) is 1.23. The maximum atomic E-state index is 12.7. The highest BCUT2D eigenvalue weighted by Crippen LogP contribution is 2.24. The third-order valence-corrected chi connectivity index (χ3v) is 3.57. The van der Waals surface area contributed by atoms with Crippen molar-refractivity contribution in [2.75, 3.05) is 6.54 Å². The molecule has 1 saturated heterocycles. The standard InChI is InChI=1S/C17H28N2O5/c1-11(2)10-12(6-7-13(20)21)19-14(22)17(8-9-18-17)15(23)24-16(3,4)5/h6-7,11-12,18H,8-10H2,1-5H3,(H,19,22)(H,20,21)/t12?,17-/m0/s1. The van der Waals surface area contributed by atoms with E-state index < -0.39 is 35.0 Å². The Morgan fingerprint density at radius 3 is 2.29 bits per heavy atom. The van der Waals surface area contributed by atoms with Gasteiger partial charge < -0.3 is 15.2 Å². The van der Waals surface area contributed by atoms with Gasteiger partial charge in [0.05, 0.1) is 0 Å². The monoisotopic (exact) mass is 340 g/mol. The fourth-order valence-corrected chi connectivity index (χ4v) is 2.38. The smallest absolute Gasteiger partial charge is 0.336 e. The highest BCUT2D eigenvalue weighted by molar-refractivity contribution is 6.08. The average Bonchev–Trinajstić information content (AvgIpc) is 2.31. The van der Waals surface area contributed by atoms with Crippen LogP contribution < -0.4 is 10.6 Å². The summed E-state index contributed by atoms with van der Waals surface area (Å²) in [5.74, 6) is -1.92. The van der Waals surface area contributed by atoms with Crippen molar-refractivity contribution in [3.05, 3.63) is 12.2 Å². The van der Waals surface area contributed by atoms with E-state index in [1.54, 1.807) is 20.8 Å². The number of amides is 1. The second kappa shape index (κ2) is 7.79. The molecular formula is C17H28N2O5. The maximum Gasteiger partial charge on any atom is 0.336 e. The van der Waals surface area contributed by atoms with Gasteiger partial charge in [-0.1, -0.05) is 19.9 Å². The molecule has 1 amide bonds. The molecule has 1 aliphatic rings. The lowest BCUT2D eigenvalue weighted by Crippen LogP contribution is -2.71. The van der Waals surface area contributed by atoms with Crippen molar-refractivity contribution in [2.24, 2.45) is 5.92 Å². The Bertz CT molecular complexity index is 516. The molecule has 1 rings (SSSR count). The van der Waals surface area contributed by atoms with E-state index >= 15 is 0 Å². The van der Waals surface area contributed by atoms with Gasteiger partial charge in [-0.3, -0.25) is 10.1 Å². The summed E-state index contributed by atoms with van der Waals surface area (Å²) in [6, 6.07) is -0.463. The molecule has 0 saturated carbocycles. The second-order valence-corrected chi connectivity index (χ2v) is 7.49. The van der Waals surface area contributed by atoms with Gasteiger partial charge >= 0.3 is 11.9 Å². The molecular weight excluding hydrogens is 312 g/mol. The predicted molar refractivity (Wildman–Crippen MR) is 89.4 cm³/mol. The van der Waals surface area contributed by atoms with E-state index in [0.717, 1.165) is 6.08 Å². The molecule has 0 aliphatic carbocycles. The lowest BCUT2D eigenvalue weighted by Gasteiger charge is -2.41. The van der Waals surface area contributed by atoms with Crippen LogP contribution in [0.4, 0.5) is 0 Å². The molecule has 0 aromatic rings. The molecule has 1 fully saturated rings. The zero-order valence-corrected chi connectivity index (χ0v) is 15.0. The summed E-state index contributed by atoms with van der Waals surface area (Å²) in [4.78, 5) is 35.8. The Morgan fingerprint density at radius 1 is 1.33 bits per heavy atom. The largest absolute Gasteiger partial charge is 0.478 e. The first-order chi connectivity index (χ1) is 11.0. The second-order valence-electron chi connectivity index (χ2n) is 7.49. The Labute approximate surface area is 142 Å². The maximum absolute atomic E-state index is 12.7. The topological polar surface area (TPSA) is 105 Å². The summed E-state index contributed by atoms with van der Waals surface area (Å²) in [7, 11) is 0. The van der Waals surface area contributed by atoms with Gasteiger partial charge in [0.25, 0.3) is 5.91 Å². The van der Waals surface area contributed by atoms with Crippen LogP contribution in [0.15, 0.2) is 12.2 Å². The number of carbonyl (C=O) groups is 3. The van der Waals surface area contributed by atoms with Gasteiger partial charge in [-0.15, -0.1) is 0 Å². The van der Waals surface area contributed by atoms with E-state index in [-0.39, 0.29) is 5.92 Å². The third-order valence-electron chi connectivity index (χ3n) is 3.57. The number of hydrogen-bond donors (Lipinski definition) is 3. The van der Waals surface area contributed by atoms with Gasteiger partial charge in [-0.2, -0.15) is 0 Å². The Kier molecular flexibility index (Phi) is 6.54. The van der Waals surface area contributed by atoms with Crippen molar-refractivity contribution in [3.63, 3.8) is 0 Å². The fraction of sp³-hybridized carbons (Fsp3) is 0.706. The Balaban J connectivity index is 2.86. The lowest BCUT2D eigenvalue weighted by molar-refractivity contribution is -0.170. The molecule has 0 bridgehead atoms. The number of rotatable bonds is 7. The molecule has 0 spiro atoms. The number of hydrogen-bond acceptors (Lipinski definition) is 5. The Hall–Kier alpha value is -1.89. The van der Waals surface area contributed by atoms with Gasteiger partial charge in [0, 0.05) is 12.1 Å². The summed E-state index contributed by atoms with van der Waals surface area (Å²) < 4.78 is 5.35. The highest BCUT2D eigenvalue weighted by atomic mass is 16.6. The first-order valence-electron chi connectivity index (χ1n) is 8.17. The number of carboxylic acids is 1.